The standard InChI is InChI=1S/C12H9ClN6O/c13-8-3-1-2-4-9(8)16-12(20)17-11-7-5-14-6-15-10(7)18-19-11/h1-6H,(H3,14,15,16,17,18,19,20). The maximum Gasteiger partial charge on any atom is 0.324 e. The molecule has 0 aliphatic rings. The van der Waals surface area contributed by atoms with Crippen molar-refractivity contribution in [1.82, 2.24) is 20.2 Å². The summed E-state index contributed by atoms with van der Waals surface area (Å²) in [5, 5.41) is 13.0. The van der Waals surface area contributed by atoms with Crippen LogP contribution in [-0.4, -0.2) is 26.2 Å². The number of carbonyl (C=O) groups excluding carboxylic acids is 1. The molecule has 2 heterocycles. The third kappa shape index (κ3) is 2.39. The van der Waals surface area contributed by atoms with Crippen molar-refractivity contribution in [2.45, 2.75) is 0 Å². The van der Waals surface area contributed by atoms with Crippen LogP contribution in [0, 0.1) is 0 Å². The van der Waals surface area contributed by atoms with E-state index in [1.807, 2.05) is 0 Å². The maximum absolute atomic E-state index is 11.9. The minimum absolute atomic E-state index is 0.421. The molecule has 20 heavy (non-hydrogen) atoms. The zero-order valence-electron chi connectivity index (χ0n) is 10.1. The normalized spacial score (nSPS) is 10.4. The molecule has 3 aromatic rings. The van der Waals surface area contributed by atoms with E-state index in [9.17, 15) is 4.79 Å². The van der Waals surface area contributed by atoms with Crippen molar-refractivity contribution < 1.29 is 4.79 Å². The van der Waals surface area contributed by atoms with Gasteiger partial charge >= 0.3 is 6.03 Å². The first-order chi connectivity index (χ1) is 9.74. The molecular weight excluding hydrogens is 280 g/mol. The summed E-state index contributed by atoms with van der Waals surface area (Å²) in [6.45, 7) is 0. The molecule has 2 aromatic heterocycles. The summed E-state index contributed by atoms with van der Waals surface area (Å²) >= 11 is 5.96. The van der Waals surface area contributed by atoms with Gasteiger partial charge in [0.2, 0.25) is 0 Å². The lowest BCUT2D eigenvalue weighted by Gasteiger charge is -2.07. The minimum atomic E-state index is -0.437. The number of H-pyrrole nitrogens is 1. The number of amides is 2. The Balaban J connectivity index is 1.78. The molecule has 0 fully saturated rings. The molecule has 3 N–H and O–H groups in total. The number of aromatic nitrogens is 4. The molecule has 0 aliphatic carbocycles. The number of hydrogen-bond donors (Lipinski definition) is 3. The SMILES string of the molecule is O=C(Nc1ccccc1Cl)Nc1[nH]nc2ncncc12. The Morgan fingerprint density at radius 1 is 1.25 bits per heavy atom. The molecule has 7 nitrogen and oxygen atoms in total. The Hall–Kier alpha value is -2.67. The van der Waals surface area contributed by atoms with Gasteiger partial charge in [-0.25, -0.2) is 14.8 Å². The Morgan fingerprint density at radius 3 is 2.95 bits per heavy atom. The lowest BCUT2D eigenvalue weighted by molar-refractivity contribution is 0.262. The number of hydrogen-bond acceptors (Lipinski definition) is 4. The van der Waals surface area contributed by atoms with Crippen LogP contribution in [0.15, 0.2) is 36.8 Å². The molecule has 0 bridgehead atoms. The number of nitrogens with one attached hydrogen (secondary N) is 3. The van der Waals surface area contributed by atoms with E-state index in [0.717, 1.165) is 0 Å². The van der Waals surface area contributed by atoms with Gasteiger partial charge in [-0.2, -0.15) is 5.10 Å². The van der Waals surface area contributed by atoms with Crippen LogP contribution in [0.25, 0.3) is 11.0 Å². The zero-order chi connectivity index (χ0) is 13.9. The van der Waals surface area contributed by atoms with E-state index in [1.165, 1.54) is 6.33 Å². The average Bonchev–Trinajstić information content (AvgIpc) is 2.85. The average molecular weight is 289 g/mol. The summed E-state index contributed by atoms with van der Waals surface area (Å²) in [6.07, 6.45) is 2.95. The van der Waals surface area contributed by atoms with Crippen molar-refractivity contribution in [3.05, 3.63) is 41.8 Å². The topological polar surface area (TPSA) is 95.6 Å². The summed E-state index contributed by atoms with van der Waals surface area (Å²) in [7, 11) is 0. The molecule has 2 amide bonds. The number of aromatic amines is 1. The molecule has 0 unspecified atom stereocenters. The Morgan fingerprint density at radius 2 is 2.10 bits per heavy atom. The van der Waals surface area contributed by atoms with E-state index in [0.29, 0.717) is 27.6 Å². The van der Waals surface area contributed by atoms with E-state index in [4.69, 9.17) is 11.6 Å². The lowest BCUT2D eigenvalue weighted by atomic mass is 10.3. The predicted octanol–water partition coefficient (Wildman–Crippen LogP) is 2.65. The number of halogens is 1. The predicted molar refractivity (Wildman–Crippen MR) is 75.8 cm³/mol. The second-order valence-corrected chi connectivity index (χ2v) is 4.32. The van der Waals surface area contributed by atoms with Gasteiger partial charge < -0.3 is 5.32 Å². The fourth-order valence-corrected chi connectivity index (χ4v) is 1.87. The van der Waals surface area contributed by atoms with Crippen molar-refractivity contribution >= 4 is 40.2 Å². The molecule has 0 radical (unpaired) electrons. The molecule has 0 spiro atoms. The van der Waals surface area contributed by atoms with E-state index in [-0.39, 0.29) is 0 Å². The second kappa shape index (κ2) is 5.14. The highest BCUT2D eigenvalue weighted by Crippen LogP contribution is 2.21. The van der Waals surface area contributed by atoms with Gasteiger partial charge in [0, 0.05) is 6.20 Å². The fraction of sp³-hybridized carbons (Fsp3) is 0. The van der Waals surface area contributed by atoms with Gasteiger partial charge in [0.1, 0.15) is 12.1 Å². The van der Waals surface area contributed by atoms with E-state index in [1.54, 1.807) is 30.5 Å². The number of para-hydroxylation sites is 1. The van der Waals surface area contributed by atoms with Gasteiger partial charge in [0.25, 0.3) is 0 Å². The van der Waals surface area contributed by atoms with Crippen LogP contribution in [0.4, 0.5) is 16.3 Å². The minimum Gasteiger partial charge on any atom is -0.306 e. The Bertz CT molecular complexity index is 771. The van der Waals surface area contributed by atoms with Crippen molar-refractivity contribution in [2.75, 3.05) is 10.6 Å². The zero-order valence-corrected chi connectivity index (χ0v) is 10.8. The van der Waals surface area contributed by atoms with Crippen LogP contribution in [0.1, 0.15) is 0 Å². The van der Waals surface area contributed by atoms with Crippen molar-refractivity contribution in [3.8, 4) is 0 Å². The van der Waals surface area contributed by atoms with Gasteiger partial charge in [0.05, 0.1) is 16.1 Å². The second-order valence-electron chi connectivity index (χ2n) is 3.92. The van der Waals surface area contributed by atoms with Crippen molar-refractivity contribution in [1.29, 1.82) is 0 Å². The summed E-state index contributed by atoms with van der Waals surface area (Å²) in [4.78, 5) is 19.8. The van der Waals surface area contributed by atoms with E-state index >= 15 is 0 Å². The largest absolute Gasteiger partial charge is 0.324 e. The lowest BCUT2D eigenvalue weighted by Crippen LogP contribution is -2.20. The van der Waals surface area contributed by atoms with Gasteiger partial charge in [-0.3, -0.25) is 10.4 Å². The molecule has 8 heteroatoms. The van der Waals surface area contributed by atoms with E-state index in [2.05, 4.69) is 30.8 Å². The quantitative estimate of drug-likeness (QED) is 0.675. The Kier molecular flexibility index (Phi) is 3.18. The summed E-state index contributed by atoms with van der Waals surface area (Å²) in [6, 6.07) is 6.52. The van der Waals surface area contributed by atoms with Crippen LogP contribution in [0.5, 0.6) is 0 Å². The molecule has 0 atom stereocenters. The molecule has 0 saturated heterocycles. The first-order valence-corrected chi connectivity index (χ1v) is 6.08. The number of fused-ring (bicyclic) bond motifs is 1. The van der Waals surface area contributed by atoms with Gasteiger partial charge in [-0.05, 0) is 12.1 Å². The first-order valence-electron chi connectivity index (χ1n) is 5.70. The molecule has 0 aliphatic heterocycles. The summed E-state index contributed by atoms with van der Waals surface area (Å²) in [5.74, 6) is 0.421. The number of carbonyl (C=O) groups is 1. The number of nitrogens with zero attached hydrogens (tertiary/aromatic N) is 3. The molecule has 1 aromatic carbocycles. The number of rotatable bonds is 2. The maximum atomic E-state index is 11.9. The number of benzene rings is 1. The van der Waals surface area contributed by atoms with Crippen LogP contribution >= 0.6 is 11.6 Å². The molecule has 100 valence electrons. The Labute approximate surface area is 118 Å². The van der Waals surface area contributed by atoms with Crippen molar-refractivity contribution in [3.63, 3.8) is 0 Å². The smallest absolute Gasteiger partial charge is 0.306 e. The third-order valence-corrected chi connectivity index (χ3v) is 2.92. The van der Waals surface area contributed by atoms with Crippen LogP contribution in [0.2, 0.25) is 5.02 Å². The summed E-state index contributed by atoms with van der Waals surface area (Å²) in [5.41, 5.74) is 1.000. The molecular formula is C12H9ClN6O. The summed E-state index contributed by atoms with van der Waals surface area (Å²) < 4.78 is 0. The monoisotopic (exact) mass is 288 g/mol. The van der Waals surface area contributed by atoms with Gasteiger partial charge in [-0.1, -0.05) is 23.7 Å². The highest BCUT2D eigenvalue weighted by atomic mass is 35.5. The highest BCUT2D eigenvalue weighted by molar-refractivity contribution is 6.33. The third-order valence-electron chi connectivity index (χ3n) is 2.59. The number of urea groups is 1. The fourth-order valence-electron chi connectivity index (χ4n) is 1.68. The molecule has 0 saturated carbocycles. The van der Waals surface area contributed by atoms with E-state index < -0.39 is 6.03 Å². The van der Waals surface area contributed by atoms with Crippen LogP contribution < -0.4 is 10.6 Å². The number of anilines is 2. The first kappa shape index (κ1) is 12.4. The van der Waals surface area contributed by atoms with Crippen LogP contribution in [-0.2, 0) is 0 Å². The van der Waals surface area contributed by atoms with Gasteiger partial charge in [0.15, 0.2) is 5.65 Å². The highest BCUT2D eigenvalue weighted by Gasteiger charge is 2.10. The van der Waals surface area contributed by atoms with Crippen LogP contribution in [0.3, 0.4) is 0 Å². The molecule has 3 rings (SSSR count). The van der Waals surface area contributed by atoms with Crippen molar-refractivity contribution in [2.24, 2.45) is 0 Å². The van der Waals surface area contributed by atoms with Gasteiger partial charge in [-0.15, -0.1) is 0 Å².